The van der Waals surface area contributed by atoms with Crippen molar-refractivity contribution in [3.05, 3.63) is 0 Å². The smallest absolute Gasteiger partial charge is 0.326 e. The Morgan fingerprint density at radius 2 is 2.12 bits per heavy atom. The van der Waals surface area contributed by atoms with Gasteiger partial charge in [-0.2, -0.15) is 0 Å². The number of hydrogen-bond acceptors (Lipinski definition) is 3. The van der Waals surface area contributed by atoms with Crippen LogP contribution in [0, 0.1) is 11.3 Å². The van der Waals surface area contributed by atoms with E-state index < -0.39 is 12.0 Å². The molecule has 0 bridgehead atoms. The SMILES string of the molecule is COCCC(NC(=O)C1CC1(C)C)C(=O)O. The molecule has 1 fully saturated rings. The topological polar surface area (TPSA) is 75.6 Å². The first-order valence-electron chi connectivity index (χ1n) is 5.40. The Kier molecular flexibility index (Phi) is 3.91. The maximum absolute atomic E-state index is 11.7. The molecule has 0 spiro atoms. The predicted octanol–water partition coefficient (Wildman–Crippen LogP) is 0.638. The van der Waals surface area contributed by atoms with Crippen LogP contribution in [0.3, 0.4) is 0 Å². The number of carbonyl (C=O) groups is 2. The molecule has 1 amide bonds. The van der Waals surface area contributed by atoms with E-state index in [1.807, 2.05) is 13.8 Å². The van der Waals surface area contributed by atoms with E-state index in [1.54, 1.807) is 0 Å². The number of carbonyl (C=O) groups excluding carboxylic acids is 1. The second kappa shape index (κ2) is 4.82. The molecule has 0 heterocycles. The molecule has 0 aliphatic heterocycles. The number of carboxylic acids is 1. The number of amides is 1. The van der Waals surface area contributed by atoms with Crippen LogP contribution in [0.4, 0.5) is 0 Å². The standard InChI is InChI=1S/C11H19NO4/c1-11(2)6-7(11)9(13)12-8(10(14)15)4-5-16-3/h7-8H,4-6H2,1-3H3,(H,12,13)(H,14,15). The minimum absolute atomic E-state index is 0.0222. The van der Waals surface area contributed by atoms with Crippen LogP contribution < -0.4 is 5.32 Å². The van der Waals surface area contributed by atoms with Crippen molar-refractivity contribution in [2.24, 2.45) is 11.3 Å². The quantitative estimate of drug-likeness (QED) is 0.700. The monoisotopic (exact) mass is 229 g/mol. The molecular formula is C11H19NO4. The third-order valence-corrected chi connectivity index (χ3v) is 3.06. The van der Waals surface area contributed by atoms with Crippen LogP contribution in [-0.4, -0.2) is 36.7 Å². The third kappa shape index (κ3) is 3.20. The summed E-state index contributed by atoms with van der Waals surface area (Å²) in [7, 11) is 1.50. The summed E-state index contributed by atoms with van der Waals surface area (Å²) >= 11 is 0. The predicted molar refractivity (Wildman–Crippen MR) is 57.9 cm³/mol. The van der Waals surface area contributed by atoms with E-state index in [1.165, 1.54) is 7.11 Å². The van der Waals surface area contributed by atoms with Gasteiger partial charge in [-0.1, -0.05) is 13.8 Å². The van der Waals surface area contributed by atoms with Crippen LogP contribution in [0.1, 0.15) is 26.7 Å². The van der Waals surface area contributed by atoms with Gasteiger partial charge in [-0.3, -0.25) is 4.79 Å². The lowest BCUT2D eigenvalue weighted by Gasteiger charge is -2.14. The van der Waals surface area contributed by atoms with Gasteiger partial charge in [0.2, 0.25) is 5.91 Å². The Morgan fingerprint density at radius 3 is 2.50 bits per heavy atom. The second-order valence-corrected chi connectivity index (χ2v) is 4.93. The lowest BCUT2D eigenvalue weighted by Crippen LogP contribution is -2.42. The number of hydrogen-bond donors (Lipinski definition) is 2. The Labute approximate surface area is 95.2 Å². The van der Waals surface area contributed by atoms with E-state index in [2.05, 4.69) is 5.32 Å². The average molecular weight is 229 g/mol. The molecule has 0 saturated heterocycles. The van der Waals surface area contributed by atoms with E-state index >= 15 is 0 Å². The molecule has 2 N–H and O–H groups in total. The lowest BCUT2D eigenvalue weighted by molar-refractivity contribution is -0.142. The fourth-order valence-corrected chi connectivity index (χ4v) is 1.68. The molecule has 2 atom stereocenters. The van der Waals surface area contributed by atoms with Gasteiger partial charge in [0.15, 0.2) is 0 Å². The molecule has 1 aliphatic rings. The molecular weight excluding hydrogens is 210 g/mol. The summed E-state index contributed by atoms with van der Waals surface area (Å²) in [5, 5.41) is 11.5. The Bertz CT molecular complexity index is 288. The normalized spacial score (nSPS) is 23.6. The van der Waals surface area contributed by atoms with E-state index in [0.717, 1.165) is 6.42 Å². The fourth-order valence-electron chi connectivity index (χ4n) is 1.68. The summed E-state index contributed by atoms with van der Waals surface area (Å²) in [6.45, 7) is 4.33. The van der Waals surface area contributed by atoms with Gasteiger partial charge in [0.1, 0.15) is 6.04 Å². The zero-order valence-electron chi connectivity index (χ0n) is 9.95. The highest BCUT2D eigenvalue weighted by atomic mass is 16.5. The van der Waals surface area contributed by atoms with Crippen LogP contribution in [0.25, 0.3) is 0 Å². The summed E-state index contributed by atoms with van der Waals surface area (Å²) < 4.78 is 4.81. The highest BCUT2D eigenvalue weighted by Crippen LogP contribution is 2.51. The van der Waals surface area contributed by atoms with Gasteiger partial charge in [-0.25, -0.2) is 4.79 Å². The summed E-state index contributed by atoms with van der Waals surface area (Å²) in [6, 6.07) is -0.844. The molecule has 0 aromatic heterocycles. The molecule has 0 aromatic rings. The summed E-state index contributed by atoms with van der Waals surface area (Å²) in [5.74, 6) is -1.21. The van der Waals surface area contributed by atoms with Gasteiger partial charge in [-0.15, -0.1) is 0 Å². The van der Waals surface area contributed by atoms with Crippen LogP contribution >= 0.6 is 0 Å². The number of carboxylic acid groups (broad SMARTS) is 1. The molecule has 16 heavy (non-hydrogen) atoms. The van der Waals surface area contributed by atoms with Gasteiger partial charge in [-0.05, 0) is 11.8 Å². The van der Waals surface area contributed by atoms with Gasteiger partial charge >= 0.3 is 5.97 Å². The summed E-state index contributed by atoms with van der Waals surface area (Å²) in [4.78, 5) is 22.6. The summed E-state index contributed by atoms with van der Waals surface area (Å²) in [6.07, 6.45) is 1.13. The average Bonchev–Trinajstić information content (AvgIpc) is 2.81. The number of aliphatic carboxylic acids is 1. The minimum atomic E-state index is -1.01. The molecule has 5 heteroatoms. The van der Waals surface area contributed by atoms with Gasteiger partial charge in [0.25, 0.3) is 0 Å². The van der Waals surface area contributed by atoms with Crippen molar-refractivity contribution in [3.63, 3.8) is 0 Å². The highest BCUT2D eigenvalue weighted by Gasteiger charge is 2.51. The van der Waals surface area contributed by atoms with E-state index in [4.69, 9.17) is 9.84 Å². The molecule has 0 aromatic carbocycles. The van der Waals surface area contributed by atoms with Gasteiger partial charge < -0.3 is 15.2 Å². The van der Waals surface area contributed by atoms with Crippen molar-refractivity contribution >= 4 is 11.9 Å². The fraction of sp³-hybridized carbons (Fsp3) is 0.818. The number of nitrogens with one attached hydrogen (secondary N) is 1. The first-order chi connectivity index (χ1) is 7.38. The van der Waals surface area contributed by atoms with E-state index in [9.17, 15) is 9.59 Å². The van der Waals surface area contributed by atoms with Gasteiger partial charge in [0, 0.05) is 26.1 Å². The largest absolute Gasteiger partial charge is 0.480 e. The van der Waals surface area contributed by atoms with E-state index in [-0.39, 0.29) is 17.2 Å². The molecule has 92 valence electrons. The highest BCUT2D eigenvalue weighted by molar-refractivity contribution is 5.87. The lowest BCUT2D eigenvalue weighted by atomic mass is 10.1. The zero-order chi connectivity index (χ0) is 12.3. The van der Waals surface area contributed by atoms with Crippen LogP contribution in [0.5, 0.6) is 0 Å². The molecule has 2 unspecified atom stereocenters. The van der Waals surface area contributed by atoms with Crippen molar-refractivity contribution in [3.8, 4) is 0 Å². The Hall–Kier alpha value is -1.10. The molecule has 1 aliphatic carbocycles. The van der Waals surface area contributed by atoms with E-state index in [0.29, 0.717) is 13.0 Å². The van der Waals surface area contributed by atoms with Crippen molar-refractivity contribution in [2.75, 3.05) is 13.7 Å². The van der Waals surface area contributed by atoms with Crippen LogP contribution in [0.2, 0.25) is 0 Å². The van der Waals surface area contributed by atoms with Crippen LogP contribution in [0.15, 0.2) is 0 Å². The first kappa shape index (κ1) is 13.0. The third-order valence-electron chi connectivity index (χ3n) is 3.06. The van der Waals surface area contributed by atoms with Crippen molar-refractivity contribution in [1.82, 2.24) is 5.32 Å². The maximum Gasteiger partial charge on any atom is 0.326 e. The van der Waals surface area contributed by atoms with Gasteiger partial charge in [0.05, 0.1) is 0 Å². The van der Waals surface area contributed by atoms with Crippen molar-refractivity contribution < 1.29 is 19.4 Å². The van der Waals surface area contributed by atoms with Crippen LogP contribution in [-0.2, 0) is 14.3 Å². The zero-order valence-corrected chi connectivity index (χ0v) is 9.95. The molecule has 5 nitrogen and oxygen atoms in total. The summed E-state index contributed by atoms with van der Waals surface area (Å²) in [5.41, 5.74) is 0.0222. The molecule has 1 saturated carbocycles. The Balaban J connectivity index is 2.43. The number of ether oxygens (including phenoxy) is 1. The van der Waals surface area contributed by atoms with Crippen molar-refractivity contribution in [1.29, 1.82) is 0 Å². The second-order valence-electron chi connectivity index (χ2n) is 4.93. The molecule has 0 radical (unpaired) electrons. The molecule has 1 rings (SSSR count). The minimum Gasteiger partial charge on any atom is -0.480 e. The maximum atomic E-state index is 11.7. The number of rotatable bonds is 6. The Morgan fingerprint density at radius 1 is 1.56 bits per heavy atom. The van der Waals surface area contributed by atoms with Crippen molar-refractivity contribution in [2.45, 2.75) is 32.7 Å². The first-order valence-corrected chi connectivity index (χ1v) is 5.40. The number of methoxy groups -OCH3 is 1.